The second kappa shape index (κ2) is 10.6. The van der Waals surface area contributed by atoms with E-state index in [0.717, 1.165) is 11.1 Å². The number of carbonyl (C=O) groups is 3. The van der Waals surface area contributed by atoms with Gasteiger partial charge in [0.25, 0.3) is 0 Å². The number of rotatable bonds is 2. The summed E-state index contributed by atoms with van der Waals surface area (Å²) in [6.45, 7) is 14.3. The lowest BCUT2D eigenvalue weighted by molar-refractivity contribution is -0.145. The van der Waals surface area contributed by atoms with Crippen molar-refractivity contribution < 1.29 is 33.7 Å². The van der Waals surface area contributed by atoms with Crippen molar-refractivity contribution in [3.8, 4) is 0 Å². The molecule has 0 aromatic heterocycles. The highest BCUT2D eigenvalue weighted by molar-refractivity contribution is 5.91. The number of esters is 3. The number of hydrogen-bond donors (Lipinski definition) is 1. The van der Waals surface area contributed by atoms with Crippen molar-refractivity contribution in [2.45, 2.75) is 77.8 Å². The molecule has 2 aliphatic rings. The Bertz CT molecular complexity index is 820. The molecule has 5 atom stereocenters. The van der Waals surface area contributed by atoms with Gasteiger partial charge in [-0.05, 0) is 50.8 Å². The van der Waals surface area contributed by atoms with E-state index >= 15 is 0 Å². The third kappa shape index (κ3) is 6.92. The first-order valence-corrected chi connectivity index (χ1v) is 10.4. The van der Waals surface area contributed by atoms with Crippen molar-refractivity contribution in [1.82, 2.24) is 0 Å². The molecule has 1 fully saturated rings. The van der Waals surface area contributed by atoms with Gasteiger partial charge in [0.2, 0.25) is 0 Å². The quantitative estimate of drug-likeness (QED) is 0.309. The molecular weight excluding hydrogens is 400 g/mol. The Kier molecular flexibility index (Phi) is 8.39. The molecule has 31 heavy (non-hydrogen) atoms. The zero-order valence-electron chi connectivity index (χ0n) is 18.7. The topological polar surface area (TPSA) is 99.1 Å². The molecule has 0 amide bonds. The van der Waals surface area contributed by atoms with E-state index in [1.165, 1.54) is 13.8 Å². The SMILES string of the molecule is C=C1CC(O)C2C(=C)C(=O)OC2C=C(C)CC(OC(C)=O)C=C(C)CCC1OC(C)=O. The summed E-state index contributed by atoms with van der Waals surface area (Å²) in [4.78, 5) is 35.3. The van der Waals surface area contributed by atoms with Crippen LogP contribution in [0.1, 0.15) is 53.4 Å². The Labute approximate surface area is 183 Å². The van der Waals surface area contributed by atoms with Crippen molar-refractivity contribution in [1.29, 1.82) is 0 Å². The van der Waals surface area contributed by atoms with E-state index in [4.69, 9.17) is 14.2 Å². The van der Waals surface area contributed by atoms with Gasteiger partial charge in [-0.3, -0.25) is 9.59 Å². The van der Waals surface area contributed by atoms with Crippen molar-refractivity contribution in [3.63, 3.8) is 0 Å². The lowest BCUT2D eigenvalue weighted by atomic mass is 9.85. The first-order chi connectivity index (χ1) is 14.5. The van der Waals surface area contributed by atoms with Crippen LogP contribution in [0.15, 0.2) is 47.6 Å². The van der Waals surface area contributed by atoms with Gasteiger partial charge in [0.1, 0.15) is 18.3 Å². The fourth-order valence-corrected chi connectivity index (χ4v) is 4.04. The predicted molar refractivity (Wildman–Crippen MR) is 115 cm³/mol. The van der Waals surface area contributed by atoms with Gasteiger partial charge in [0, 0.05) is 25.8 Å². The number of ether oxygens (including phenoxy) is 3. The predicted octanol–water partition coefficient (Wildman–Crippen LogP) is 3.33. The second-order valence-electron chi connectivity index (χ2n) is 8.37. The zero-order valence-corrected chi connectivity index (χ0v) is 18.7. The molecule has 1 saturated heterocycles. The first-order valence-electron chi connectivity index (χ1n) is 10.4. The highest BCUT2D eigenvalue weighted by Crippen LogP contribution is 2.35. The van der Waals surface area contributed by atoms with Gasteiger partial charge in [0.05, 0.1) is 12.0 Å². The third-order valence-electron chi connectivity index (χ3n) is 5.47. The van der Waals surface area contributed by atoms with E-state index < -0.39 is 48.2 Å². The average Bonchev–Trinajstić information content (AvgIpc) is 2.90. The second-order valence-corrected chi connectivity index (χ2v) is 8.37. The molecule has 7 nitrogen and oxygen atoms in total. The fraction of sp³-hybridized carbons (Fsp3) is 0.542. The molecule has 1 aliphatic heterocycles. The maximum absolute atomic E-state index is 12.1. The average molecular weight is 433 g/mol. The van der Waals surface area contributed by atoms with Crippen LogP contribution in [0.5, 0.6) is 0 Å². The third-order valence-corrected chi connectivity index (χ3v) is 5.47. The maximum Gasteiger partial charge on any atom is 0.334 e. The van der Waals surface area contributed by atoms with Gasteiger partial charge >= 0.3 is 17.9 Å². The molecule has 0 spiro atoms. The van der Waals surface area contributed by atoms with Crippen LogP contribution in [-0.2, 0) is 28.6 Å². The molecule has 7 heteroatoms. The molecule has 1 heterocycles. The number of allylic oxidation sites excluding steroid dienone is 1. The minimum atomic E-state index is -0.984. The first kappa shape index (κ1) is 24.6. The summed E-state index contributed by atoms with van der Waals surface area (Å²) in [6, 6.07) is 0. The summed E-state index contributed by atoms with van der Waals surface area (Å²) < 4.78 is 16.3. The number of hydrogen-bond acceptors (Lipinski definition) is 7. The Hall–Kier alpha value is -2.67. The van der Waals surface area contributed by atoms with E-state index in [-0.39, 0.29) is 12.0 Å². The summed E-state index contributed by atoms with van der Waals surface area (Å²) >= 11 is 0. The van der Waals surface area contributed by atoms with E-state index in [0.29, 0.717) is 24.8 Å². The van der Waals surface area contributed by atoms with Crippen LogP contribution >= 0.6 is 0 Å². The summed E-state index contributed by atoms with van der Waals surface area (Å²) in [5, 5.41) is 10.9. The van der Waals surface area contributed by atoms with Crippen molar-refractivity contribution >= 4 is 17.9 Å². The molecule has 0 aromatic carbocycles. The van der Waals surface area contributed by atoms with E-state index in [1.54, 1.807) is 6.08 Å². The summed E-state index contributed by atoms with van der Waals surface area (Å²) in [5.74, 6) is -2.05. The molecule has 0 radical (unpaired) electrons. The van der Waals surface area contributed by atoms with Crippen LogP contribution in [0, 0.1) is 5.92 Å². The normalized spacial score (nSPS) is 30.4. The van der Waals surface area contributed by atoms with Gasteiger partial charge in [-0.15, -0.1) is 0 Å². The van der Waals surface area contributed by atoms with Gasteiger partial charge in [-0.25, -0.2) is 4.79 Å². The van der Waals surface area contributed by atoms with Crippen LogP contribution in [0.3, 0.4) is 0 Å². The van der Waals surface area contributed by atoms with Crippen molar-refractivity contribution in [2.24, 2.45) is 5.92 Å². The Morgan fingerprint density at radius 2 is 1.71 bits per heavy atom. The summed E-state index contributed by atoms with van der Waals surface area (Å²) in [5.41, 5.74) is 2.57. The molecule has 0 saturated carbocycles. The van der Waals surface area contributed by atoms with Gasteiger partial charge in [-0.1, -0.05) is 24.3 Å². The Morgan fingerprint density at radius 3 is 2.32 bits per heavy atom. The number of carbonyl (C=O) groups excluding carboxylic acids is 3. The van der Waals surface area contributed by atoms with Crippen LogP contribution in [-0.4, -0.2) is 47.4 Å². The van der Waals surface area contributed by atoms with Gasteiger partial charge < -0.3 is 19.3 Å². The summed E-state index contributed by atoms with van der Waals surface area (Å²) in [6.07, 6.45) is 2.51. The Morgan fingerprint density at radius 1 is 1.06 bits per heavy atom. The summed E-state index contributed by atoms with van der Waals surface area (Å²) in [7, 11) is 0. The molecular formula is C24H32O7. The number of aliphatic hydroxyl groups excluding tert-OH is 1. The molecule has 5 unspecified atom stereocenters. The molecule has 0 bridgehead atoms. The monoisotopic (exact) mass is 432 g/mol. The van der Waals surface area contributed by atoms with E-state index in [1.807, 2.05) is 19.9 Å². The van der Waals surface area contributed by atoms with Crippen LogP contribution in [0.2, 0.25) is 0 Å². The highest BCUT2D eigenvalue weighted by atomic mass is 16.6. The highest BCUT2D eigenvalue weighted by Gasteiger charge is 2.42. The lowest BCUT2D eigenvalue weighted by Crippen LogP contribution is -2.31. The Balaban J connectivity index is 2.43. The number of aliphatic hydroxyl groups is 1. The van der Waals surface area contributed by atoms with E-state index in [9.17, 15) is 19.5 Å². The molecule has 1 N–H and O–H groups in total. The zero-order chi connectivity index (χ0) is 23.3. The lowest BCUT2D eigenvalue weighted by Gasteiger charge is -2.26. The molecule has 0 aromatic rings. The largest absolute Gasteiger partial charge is 0.458 e. The minimum Gasteiger partial charge on any atom is -0.458 e. The fourth-order valence-electron chi connectivity index (χ4n) is 4.04. The van der Waals surface area contributed by atoms with E-state index in [2.05, 4.69) is 13.2 Å². The molecule has 2 rings (SSSR count). The molecule has 170 valence electrons. The maximum atomic E-state index is 12.1. The van der Waals surface area contributed by atoms with Crippen LogP contribution in [0.4, 0.5) is 0 Å². The van der Waals surface area contributed by atoms with Crippen LogP contribution in [0.25, 0.3) is 0 Å². The molecule has 1 aliphatic carbocycles. The standard InChI is InChI=1S/C24H32O7/c1-13-7-8-21(30-18(6)26)15(3)12-20(27)23-16(4)24(28)31-22(23)11-14(2)10-19(9-13)29-17(5)25/h9,11,19-23,27H,3-4,7-8,10,12H2,1-2,5-6H3. The van der Waals surface area contributed by atoms with Gasteiger partial charge in [-0.2, -0.15) is 0 Å². The van der Waals surface area contributed by atoms with Crippen molar-refractivity contribution in [3.05, 3.63) is 47.6 Å². The number of fused-ring (bicyclic) bond motifs is 1. The van der Waals surface area contributed by atoms with Crippen LogP contribution < -0.4 is 0 Å². The van der Waals surface area contributed by atoms with Gasteiger partial charge in [0.15, 0.2) is 0 Å². The minimum absolute atomic E-state index is 0.139. The van der Waals surface area contributed by atoms with Crippen molar-refractivity contribution in [2.75, 3.05) is 0 Å². The smallest absolute Gasteiger partial charge is 0.334 e.